The van der Waals surface area contributed by atoms with Crippen LogP contribution in [0.2, 0.25) is 0 Å². The van der Waals surface area contributed by atoms with Crippen molar-refractivity contribution in [2.24, 2.45) is 23.7 Å². The van der Waals surface area contributed by atoms with Crippen LogP contribution in [0.5, 0.6) is 0 Å². The van der Waals surface area contributed by atoms with Gasteiger partial charge in [0.25, 0.3) is 0 Å². The van der Waals surface area contributed by atoms with Crippen LogP contribution in [0.4, 0.5) is 38.2 Å². The van der Waals surface area contributed by atoms with Crippen LogP contribution in [0.3, 0.4) is 0 Å². The van der Waals surface area contributed by atoms with Gasteiger partial charge in [-0.3, -0.25) is 0 Å². The fraction of sp³-hybridized carbons (Fsp3) is 0.778. The van der Waals surface area contributed by atoms with Crippen LogP contribution in [0.1, 0.15) is 88.4 Å². The van der Waals surface area contributed by atoms with Crippen LogP contribution in [-0.4, -0.2) is 102 Å². The summed E-state index contributed by atoms with van der Waals surface area (Å²) in [5.41, 5.74) is -2.25. The number of hydrogen-bond donors (Lipinski definition) is 6. The summed E-state index contributed by atoms with van der Waals surface area (Å²) in [6.45, 7) is -0.0857. The minimum Gasteiger partial charge on any atom is -0.388 e. The number of aliphatic hydroxyl groups excluding tert-OH is 4. The number of ether oxygens (including phenoxy) is 2. The summed E-state index contributed by atoms with van der Waals surface area (Å²) in [5, 5.41) is 48.7. The summed E-state index contributed by atoms with van der Waals surface area (Å²) < 4.78 is 90.3. The van der Waals surface area contributed by atoms with Gasteiger partial charge in [-0.05, 0) is 74.3 Å². The van der Waals surface area contributed by atoms with Crippen LogP contribution in [0.25, 0.3) is 0 Å². The first kappa shape index (κ1) is 40.8. The summed E-state index contributed by atoms with van der Waals surface area (Å²) in [5.74, 6) is 1.40. The SMILES string of the molecule is O[C@@H]1[C@@H](Nc2nccc(C(F)(F)F)n2)COC(CCCC2CC(CCC3OC[C@H](Nc4nccc(C(F)(F)F)n4)[C@@H](O)[C@H]3O)CC2CC2CCCC2)[C@@H]1O. The number of aromatic nitrogens is 4. The van der Waals surface area contributed by atoms with E-state index in [4.69, 9.17) is 9.47 Å². The second-order valence-electron chi connectivity index (χ2n) is 15.5. The zero-order chi connectivity index (χ0) is 38.6. The van der Waals surface area contributed by atoms with Crippen molar-refractivity contribution >= 4 is 11.9 Å². The molecule has 18 heteroatoms. The normalized spacial score (nSPS) is 33.9. The molecule has 4 aliphatic rings. The number of alkyl halides is 6. The van der Waals surface area contributed by atoms with Gasteiger partial charge in [-0.15, -0.1) is 0 Å². The molecular weight excluding hydrogens is 726 g/mol. The third-order valence-electron chi connectivity index (χ3n) is 11.8. The number of rotatable bonds is 13. The zero-order valence-electron chi connectivity index (χ0n) is 29.8. The van der Waals surface area contributed by atoms with Crippen LogP contribution in [0, 0.1) is 23.7 Å². The van der Waals surface area contributed by atoms with E-state index in [2.05, 4.69) is 30.6 Å². The smallest absolute Gasteiger partial charge is 0.388 e. The van der Waals surface area contributed by atoms with Gasteiger partial charge < -0.3 is 40.5 Å². The van der Waals surface area contributed by atoms with Gasteiger partial charge in [-0.1, -0.05) is 38.5 Å². The van der Waals surface area contributed by atoms with E-state index in [-0.39, 0.29) is 25.1 Å². The molecule has 2 saturated heterocycles. The number of hydrogen-bond acceptors (Lipinski definition) is 12. The van der Waals surface area contributed by atoms with Crippen molar-refractivity contribution in [2.45, 2.75) is 138 Å². The van der Waals surface area contributed by atoms with E-state index < -0.39 is 72.4 Å². The Balaban J connectivity index is 0.973. The standard InChI is InChI=1S/C36H50F6N6O6/c37-35(38,39)27-10-12-43-33(47-27)45-23-17-53-25(31(51)29(23)49)7-3-6-21-15-20(16-22(21)14-19-4-1-2-5-19)8-9-26-32(52)30(50)24(18-54-26)46-34-44-13-11-28(48-34)36(40,41)42/h10-13,19-26,29-32,49-52H,1-9,14-18H2,(H,43,45,47)(H,44,46,48)/t20?,21?,22?,23-,24-,25?,26?,29+,30+,31-,32-/m0/s1. The molecule has 302 valence electrons. The van der Waals surface area contributed by atoms with Crippen molar-refractivity contribution in [1.82, 2.24) is 19.9 Å². The molecule has 2 aliphatic carbocycles. The van der Waals surface area contributed by atoms with Gasteiger partial charge in [0.1, 0.15) is 35.8 Å². The third kappa shape index (κ3) is 10.3. The number of nitrogens with zero attached hydrogens (tertiary/aromatic N) is 4. The molecule has 6 N–H and O–H groups in total. The molecule has 0 amide bonds. The van der Waals surface area contributed by atoms with Gasteiger partial charge in [-0.25, -0.2) is 19.9 Å². The Labute approximate surface area is 309 Å². The largest absolute Gasteiger partial charge is 0.433 e. The highest BCUT2D eigenvalue weighted by Gasteiger charge is 2.43. The summed E-state index contributed by atoms with van der Waals surface area (Å²) in [4.78, 5) is 14.6. The number of aliphatic hydroxyl groups is 4. The minimum absolute atomic E-state index is 0.0420. The van der Waals surface area contributed by atoms with E-state index in [0.29, 0.717) is 36.5 Å². The Morgan fingerprint density at radius 2 is 1.13 bits per heavy atom. The van der Waals surface area contributed by atoms with E-state index in [0.717, 1.165) is 63.1 Å². The predicted octanol–water partition coefficient (Wildman–Crippen LogP) is 4.98. The average molecular weight is 777 g/mol. The first-order valence-corrected chi connectivity index (χ1v) is 18.9. The molecule has 2 aromatic heterocycles. The maximum atomic E-state index is 13.1. The zero-order valence-corrected chi connectivity index (χ0v) is 29.8. The number of anilines is 2. The van der Waals surface area contributed by atoms with E-state index >= 15 is 0 Å². The van der Waals surface area contributed by atoms with Crippen molar-refractivity contribution in [2.75, 3.05) is 23.8 Å². The van der Waals surface area contributed by atoms with Crippen LogP contribution in [0.15, 0.2) is 24.5 Å². The Kier molecular flexibility index (Phi) is 13.2. The van der Waals surface area contributed by atoms with Crippen LogP contribution in [-0.2, 0) is 21.8 Å². The molecule has 2 aliphatic heterocycles. The fourth-order valence-electron chi connectivity index (χ4n) is 8.90. The monoisotopic (exact) mass is 776 g/mol. The number of nitrogens with one attached hydrogen (secondary N) is 2. The van der Waals surface area contributed by atoms with Crippen LogP contribution < -0.4 is 10.6 Å². The summed E-state index contributed by atoms with van der Waals surface area (Å²) in [6, 6.07) is -0.301. The van der Waals surface area contributed by atoms with Gasteiger partial charge >= 0.3 is 12.4 Å². The highest BCUT2D eigenvalue weighted by atomic mass is 19.4. The van der Waals surface area contributed by atoms with Crippen molar-refractivity contribution < 1.29 is 56.2 Å². The molecule has 54 heavy (non-hydrogen) atoms. The fourth-order valence-corrected chi connectivity index (χ4v) is 8.90. The van der Waals surface area contributed by atoms with Gasteiger partial charge in [0.2, 0.25) is 11.9 Å². The second kappa shape index (κ2) is 17.5. The predicted molar refractivity (Wildman–Crippen MR) is 182 cm³/mol. The van der Waals surface area contributed by atoms with Gasteiger partial charge in [-0.2, -0.15) is 26.3 Å². The Morgan fingerprint density at radius 1 is 0.630 bits per heavy atom. The lowest BCUT2D eigenvalue weighted by Gasteiger charge is -2.38. The minimum atomic E-state index is -4.65. The summed E-state index contributed by atoms with van der Waals surface area (Å²) in [6.07, 6.45) is -2.17. The third-order valence-corrected chi connectivity index (χ3v) is 11.8. The van der Waals surface area contributed by atoms with Crippen LogP contribution >= 0.6 is 0 Å². The lowest BCUT2D eigenvalue weighted by atomic mass is 9.83. The van der Waals surface area contributed by atoms with E-state index in [1.807, 2.05) is 0 Å². The molecule has 0 radical (unpaired) electrons. The molecule has 5 unspecified atom stereocenters. The molecule has 12 nitrogen and oxygen atoms in total. The maximum absolute atomic E-state index is 13.1. The molecule has 0 spiro atoms. The van der Waals surface area contributed by atoms with E-state index in [1.165, 1.54) is 25.7 Å². The molecule has 11 atom stereocenters. The number of halogens is 6. The van der Waals surface area contributed by atoms with Crippen molar-refractivity contribution in [3.8, 4) is 0 Å². The maximum Gasteiger partial charge on any atom is 0.433 e. The van der Waals surface area contributed by atoms with Crippen molar-refractivity contribution in [1.29, 1.82) is 0 Å². The summed E-state index contributed by atoms with van der Waals surface area (Å²) >= 11 is 0. The quantitative estimate of drug-likeness (QED) is 0.151. The molecule has 2 saturated carbocycles. The lowest BCUT2D eigenvalue weighted by Crippen LogP contribution is -2.55. The van der Waals surface area contributed by atoms with E-state index in [9.17, 15) is 46.8 Å². The Bertz CT molecular complexity index is 1500. The molecule has 0 aromatic carbocycles. The molecule has 2 aromatic rings. The molecule has 4 heterocycles. The molecule has 4 fully saturated rings. The lowest BCUT2D eigenvalue weighted by molar-refractivity contribution is -0.144. The molecular formula is C36H50F6N6O6. The van der Waals surface area contributed by atoms with E-state index in [1.54, 1.807) is 0 Å². The Hall–Kier alpha value is -2.90. The molecule has 0 bridgehead atoms. The Morgan fingerprint density at radius 3 is 1.65 bits per heavy atom. The van der Waals surface area contributed by atoms with Gasteiger partial charge in [0.15, 0.2) is 0 Å². The van der Waals surface area contributed by atoms with Gasteiger partial charge in [0, 0.05) is 12.4 Å². The molecule has 6 rings (SSSR count). The second-order valence-corrected chi connectivity index (χ2v) is 15.5. The van der Waals surface area contributed by atoms with Gasteiger partial charge in [0.05, 0.1) is 37.5 Å². The highest BCUT2D eigenvalue weighted by Crippen LogP contribution is 2.47. The first-order chi connectivity index (χ1) is 25.7. The topological polar surface area (TPSA) is 175 Å². The van der Waals surface area contributed by atoms with Crippen molar-refractivity contribution in [3.05, 3.63) is 35.9 Å². The van der Waals surface area contributed by atoms with Crippen molar-refractivity contribution in [3.63, 3.8) is 0 Å². The summed E-state index contributed by atoms with van der Waals surface area (Å²) in [7, 11) is 0. The average Bonchev–Trinajstić information content (AvgIpc) is 3.79. The first-order valence-electron chi connectivity index (χ1n) is 18.9. The highest BCUT2D eigenvalue weighted by molar-refractivity contribution is 5.30.